The van der Waals surface area contributed by atoms with Crippen molar-refractivity contribution >= 4 is 5.91 Å². The molecule has 0 fully saturated rings. The van der Waals surface area contributed by atoms with Crippen LogP contribution in [0, 0.1) is 6.92 Å². The Hall–Kier alpha value is -2.69. The largest absolute Gasteiger partial charge is 0.496 e. The number of ether oxygens (including phenoxy) is 3. The van der Waals surface area contributed by atoms with Gasteiger partial charge in [-0.1, -0.05) is 19.9 Å². The highest BCUT2D eigenvalue weighted by Gasteiger charge is 2.17. The third-order valence-electron chi connectivity index (χ3n) is 5.17. The lowest BCUT2D eigenvalue weighted by molar-refractivity contribution is -0.121. The molecular weight excluding hydrogens is 366 g/mol. The van der Waals surface area contributed by atoms with E-state index in [-0.39, 0.29) is 11.9 Å². The van der Waals surface area contributed by atoms with Crippen molar-refractivity contribution in [3.8, 4) is 17.2 Å². The van der Waals surface area contributed by atoms with Gasteiger partial charge in [-0.25, -0.2) is 0 Å². The number of rotatable bonds is 9. The van der Waals surface area contributed by atoms with Gasteiger partial charge in [0.25, 0.3) is 0 Å². The minimum Gasteiger partial charge on any atom is -0.496 e. The summed E-state index contributed by atoms with van der Waals surface area (Å²) in [7, 11) is 4.91. The van der Waals surface area contributed by atoms with Gasteiger partial charge < -0.3 is 19.5 Å². The lowest BCUT2D eigenvalue weighted by atomic mass is 9.93. The number of amides is 1. The summed E-state index contributed by atoms with van der Waals surface area (Å²) in [5.74, 6) is 2.62. The van der Waals surface area contributed by atoms with Crippen LogP contribution in [0.2, 0.25) is 0 Å². The Balaban J connectivity index is 2.05. The minimum atomic E-state index is -0.0729. The van der Waals surface area contributed by atoms with Crippen molar-refractivity contribution in [3.63, 3.8) is 0 Å². The second kappa shape index (κ2) is 10.2. The van der Waals surface area contributed by atoms with Crippen molar-refractivity contribution in [1.82, 2.24) is 5.32 Å². The number of benzene rings is 2. The van der Waals surface area contributed by atoms with E-state index in [9.17, 15) is 4.79 Å². The Morgan fingerprint density at radius 2 is 1.55 bits per heavy atom. The molecule has 0 unspecified atom stereocenters. The van der Waals surface area contributed by atoms with Crippen LogP contribution in [0.1, 0.15) is 61.4 Å². The Morgan fingerprint density at radius 1 is 0.897 bits per heavy atom. The van der Waals surface area contributed by atoms with Crippen molar-refractivity contribution in [3.05, 3.63) is 52.6 Å². The first-order valence-electron chi connectivity index (χ1n) is 9.99. The third kappa shape index (κ3) is 5.66. The third-order valence-corrected chi connectivity index (χ3v) is 5.17. The molecule has 5 nitrogen and oxygen atoms in total. The smallest absolute Gasteiger partial charge is 0.220 e. The summed E-state index contributed by atoms with van der Waals surface area (Å²) in [5.41, 5.74) is 4.42. The molecule has 0 saturated heterocycles. The number of methoxy groups -OCH3 is 3. The van der Waals surface area contributed by atoms with Gasteiger partial charge in [-0.2, -0.15) is 0 Å². The zero-order valence-electron chi connectivity index (χ0n) is 18.6. The first-order chi connectivity index (χ1) is 13.8. The van der Waals surface area contributed by atoms with Gasteiger partial charge >= 0.3 is 0 Å². The molecule has 0 aliphatic rings. The molecule has 0 aliphatic heterocycles. The van der Waals surface area contributed by atoms with E-state index in [1.54, 1.807) is 21.3 Å². The molecule has 0 saturated carbocycles. The molecule has 0 aliphatic carbocycles. The molecule has 1 atom stereocenters. The van der Waals surface area contributed by atoms with E-state index in [0.717, 1.165) is 28.0 Å². The highest BCUT2D eigenvalue weighted by Crippen LogP contribution is 2.32. The minimum absolute atomic E-state index is 0.0219. The second-order valence-corrected chi connectivity index (χ2v) is 7.58. The highest BCUT2D eigenvalue weighted by molar-refractivity contribution is 5.76. The summed E-state index contributed by atoms with van der Waals surface area (Å²) in [4.78, 5) is 12.5. The van der Waals surface area contributed by atoms with Crippen LogP contribution in [0.3, 0.4) is 0 Å². The molecule has 5 heteroatoms. The Kier molecular flexibility index (Phi) is 7.94. The molecule has 0 bridgehead atoms. The number of aryl methyl sites for hydroxylation is 2. The number of hydrogen-bond acceptors (Lipinski definition) is 4. The molecule has 2 rings (SSSR count). The molecule has 158 valence electrons. The number of hydrogen-bond donors (Lipinski definition) is 1. The fourth-order valence-corrected chi connectivity index (χ4v) is 3.50. The molecule has 0 spiro atoms. The van der Waals surface area contributed by atoms with Crippen molar-refractivity contribution in [2.45, 2.75) is 52.5 Å². The summed E-state index contributed by atoms with van der Waals surface area (Å²) >= 11 is 0. The van der Waals surface area contributed by atoms with E-state index in [1.807, 2.05) is 32.0 Å². The second-order valence-electron chi connectivity index (χ2n) is 7.58. The average molecular weight is 400 g/mol. The van der Waals surface area contributed by atoms with Crippen LogP contribution in [-0.2, 0) is 11.2 Å². The monoisotopic (exact) mass is 399 g/mol. The maximum Gasteiger partial charge on any atom is 0.220 e. The first-order valence-corrected chi connectivity index (χ1v) is 9.99. The number of carbonyl (C=O) groups is 1. The fourth-order valence-electron chi connectivity index (χ4n) is 3.50. The van der Waals surface area contributed by atoms with Crippen molar-refractivity contribution in [2.24, 2.45) is 0 Å². The quantitative estimate of drug-likeness (QED) is 0.648. The molecule has 1 amide bonds. The van der Waals surface area contributed by atoms with E-state index >= 15 is 0 Å². The maximum absolute atomic E-state index is 12.5. The molecule has 29 heavy (non-hydrogen) atoms. The van der Waals surface area contributed by atoms with Crippen LogP contribution < -0.4 is 19.5 Å². The molecule has 0 aromatic heterocycles. The normalized spacial score (nSPS) is 11.9. The zero-order chi connectivity index (χ0) is 21.6. The highest BCUT2D eigenvalue weighted by atomic mass is 16.5. The van der Waals surface area contributed by atoms with Gasteiger partial charge in [0, 0.05) is 6.42 Å². The molecule has 0 radical (unpaired) electrons. The first kappa shape index (κ1) is 22.6. The van der Waals surface area contributed by atoms with Crippen LogP contribution in [-0.4, -0.2) is 27.2 Å². The SMILES string of the molecule is COc1ccc(CCC(=O)N[C@@H](C)c2cc(C(C)C)c(OC)cc2C)cc1OC. The van der Waals surface area contributed by atoms with E-state index < -0.39 is 0 Å². The standard InChI is InChI=1S/C24H33NO4/c1-15(2)19-14-20(16(3)12-22(19)28-6)17(4)25-24(26)11-9-18-8-10-21(27-5)23(13-18)29-7/h8,10,12-15,17H,9,11H2,1-7H3,(H,25,26)/t17-/m0/s1. The summed E-state index contributed by atoms with van der Waals surface area (Å²) in [6, 6.07) is 9.87. The number of nitrogens with one attached hydrogen (secondary N) is 1. The van der Waals surface area contributed by atoms with E-state index in [2.05, 4.69) is 31.3 Å². The molecule has 2 aromatic rings. The van der Waals surface area contributed by atoms with E-state index in [4.69, 9.17) is 14.2 Å². The topological polar surface area (TPSA) is 56.8 Å². The summed E-state index contributed by atoms with van der Waals surface area (Å²) in [6.07, 6.45) is 1.05. The van der Waals surface area contributed by atoms with Gasteiger partial charge in [0.15, 0.2) is 11.5 Å². The fraction of sp³-hybridized carbons (Fsp3) is 0.458. The van der Waals surface area contributed by atoms with Crippen molar-refractivity contribution in [2.75, 3.05) is 21.3 Å². The van der Waals surface area contributed by atoms with Gasteiger partial charge in [-0.15, -0.1) is 0 Å². The van der Waals surface area contributed by atoms with Gasteiger partial charge in [0.2, 0.25) is 5.91 Å². The predicted octanol–water partition coefficient (Wildman–Crippen LogP) is 4.95. The van der Waals surface area contributed by atoms with Crippen LogP contribution in [0.15, 0.2) is 30.3 Å². The van der Waals surface area contributed by atoms with Crippen LogP contribution in [0.5, 0.6) is 17.2 Å². The van der Waals surface area contributed by atoms with Crippen molar-refractivity contribution in [1.29, 1.82) is 0 Å². The van der Waals surface area contributed by atoms with Crippen LogP contribution in [0.4, 0.5) is 0 Å². The molecular formula is C24H33NO4. The van der Waals surface area contributed by atoms with Gasteiger partial charge in [0.05, 0.1) is 27.4 Å². The Morgan fingerprint density at radius 3 is 2.14 bits per heavy atom. The summed E-state index contributed by atoms with van der Waals surface area (Å²) in [6.45, 7) is 8.36. The Bertz CT molecular complexity index is 845. The van der Waals surface area contributed by atoms with Crippen LogP contribution in [0.25, 0.3) is 0 Å². The summed E-state index contributed by atoms with van der Waals surface area (Å²) in [5, 5.41) is 3.13. The van der Waals surface area contributed by atoms with Crippen molar-refractivity contribution < 1.29 is 19.0 Å². The molecule has 1 N–H and O–H groups in total. The average Bonchev–Trinajstić information content (AvgIpc) is 2.71. The molecule has 0 heterocycles. The van der Waals surface area contributed by atoms with E-state index in [1.165, 1.54) is 0 Å². The van der Waals surface area contributed by atoms with Crippen LogP contribution >= 0.6 is 0 Å². The van der Waals surface area contributed by atoms with E-state index in [0.29, 0.717) is 30.3 Å². The lowest BCUT2D eigenvalue weighted by Gasteiger charge is -2.21. The zero-order valence-corrected chi connectivity index (χ0v) is 18.6. The predicted molar refractivity (Wildman–Crippen MR) is 116 cm³/mol. The number of carbonyl (C=O) groups excluding carboxylic acids is 1. The van der Waals surface area contributed by atoms with Gasteiger partial charge in [0.1, 0.15) is 5.75 Å². The van der Waals surface area contributed by atoms with Gasteiger partial charge in [-0.3, -0.25) is 4.79 Å². The Labute approximate surface area is 174 Å². The van der Waals surface area contributed by atoms with Gasteiger partial charge in [-0.05, 0) is 72.7 Å². The summed E-state index contributed by atoms with van der Waals surface area (Å²) < 4.78 is 16.1. The maximum atomic E-state index is 12.5. The lowest BCUT2D eigenvalue weighted by Crippen LogP contribution is -2.27. The molecule has 2 aromatic carbocycles.